The molecule has 0 saturated carbocycles. The van der Waals surface area contributed by atoms with Crippen LogP contribution < -0.4 is 16.4 Å². The highest BCUT2D eigenvalue weighted by atomic mass is 35.5. The van der Waals surface area contributed by atoms with Crippen LogP contribution in [0.3, 0.4) is 0 Å². The van der Waals surface area contributed by atoms with Gasteiger partial charge in [-0.2, -0.15) is 0 Å². The Morgan fingerprint density at radius 3 is 2.59 bits per heavy atom. The summed E-state index contributed by atoms with van der Waals surface area (Å²) in [5.74, 6) is -0.303. The average Bonchev–Trinajstić information content (AvgIpc) is 3.18. The molecular formula is C20H15ClN4O3S. The minimum Gasteiger partial charge on any atom is -0.302 e. The fraction of sp³-hybridized carbons (Fsp3) is 0.100. The maximum atomic E-state index is 12.5. The van der Waals surface area contributed by atoms with Crippen LogP contribution in [-0.2, 0) is 11.3 Å². The van der Waals surface area contributed by atoms with Crippen molar-refractivity contribution in [1.29, 1.82) is 0 Å². The maximum absolute atomic E-state index is 12.5. The molecule has 0 aliphatic rings. The third-order valence-electron chi connectivity index (χ3n) is 4.34. The van der Waals surface area contributed by atoms with Gasteiger partial charge >= 0.3 is 0 Å². The lowest BCUT2D eigenvalue weighted by Gasteiger charge is -2.07. The lowest BCUT2D eigenvalue weighted by molar-refractivity contribution is -0.116. The van der Waals surface area contributed by atoms with Gasteiger partial charge in [-0.1, -0.05) is 35.9 Å². The molecule has 0 bridgehead atoms. The van der Waals surface area contributed by atoms with Gasteiger partial charge in [-0.05, 0) is 24.3 Å². The Bertz CT molecular complexity index is 1310. The molecule has 2 N–H and O–H groups in total. The number of hydrogen-bond donors (Lipinski definition) is 2. The van der Waals surface area contributed by atoms with E-state index >= 15 is 0 Å². The van der Waals surface area contributed by atoms with Gasteiger partial charge < -0.3 is 5.32 Å². The third kappa shape index (κ3) is 4.13. The molecule has 0 spiro atoms. The van der Waals surface area contributed by atoms with Crippen molar-refractivity contribution < 1.29 is 4.79 Å². The molecule has 7 nitrogen and oxygen atoms in total. The number of carbonyl (C=O) groups excluding carboxylic acids is 1. The van der Waals surface area contributed by atoms with Crippen LogP contribution in [0.15, 0.2) is 63.5 Å². The molecule has 2 aromatic heterocycles. The van der Waals surface area contributed by atoms with Crippen LogP contribution in [0, 0.1) is 0 Å². The molecule has 146 valence electrons. The summed E-state index contributed by atoms with van der Waals surface area (Å²) in [4.78, 5) is 41.3. The highest BCUT2D eigenvalue weighted by Crippen LogP contribution is 2.26. The summed E-state index contributed by atoms with van der Waals surface area (Å²) in [6.07, 6.45) is 0.0179. The van der Waals surface area contributed by atoms with Gasteiger partial charge in [-0.25, -0.2) is 9.67 Å². The van der Waals surface area contributed by atoms with E-state index in [0.717, 1.165) is 15.9 Å². The lowest BCUT2D eigenvalue weighted by Crippen LogP contribution is -2.31. The molecule has 0 saturated heterocycles. The zero-order chi connectivity index (χ0) is 20.4. The fourth-order valence-electron chi connectivity index (χ4n) is 2.88. The number of carbonyl (C=O) groups is 1. The average molecular weight is 427 g/mol. The number of halogens is 1. The number of hydrogen-bond acceptors (Lipinski definition) is 5. The van der Waals surface area contributed by atoms with Crippen molar-refractivity contribution in [2.45, 2.75) is 13.0 Å². The van der Waals surface area contributed by atoms with E-state index in [-0.39, 0.29) is 30.0 Å². The number of fused-ring (bicyclic) bond motifs is 1. The summed E-state index contributed by atoms with van der Waals surface area (Å²) in [6.45, 7) is 0.0557. The SMILES string of the molecule is O=C(CCn1[nH]c(=O)c2ccccc2c1=O)Nc1nc(-c2ccc(Cl)cc2)cs1. The van der Waals surface area contributed by atoms with Crippen molar-refractivity contribution in [3.05, 3.63) is 79.6 Å². The Balaban J connectivity index is 1.44. The zero-order valence-electron chi connectivity index (χ0n) is 15.0. The van der Waals surface area contributed by atoms with Crippen molar-refractivity contribution in [1.82, 2.24) is 14.8 Å². The predicted molar refractivity (Wildman–Crippen MR) is 115 cm³/mol. The van der Waals surface area contributed by atoms with E-state index in [1.807, 2.05) is 17.5 Å². The first-order valence-electron chi connectivity index (χ1n) is 8.74. The van der Waals surface area contributed by atoms with E-state index in [1.54, 1.807) is 36.4 Å². The molecule has 0 fully saturated rings. The molecule has 0 aliphatic carbocycles. The lowest BCUT2D eigenvalue weighted by atomic mass is 10.2. The van der Waals surface area contributed by atoms with Crippen LogP contribution in [0.4, 0.5) is 5.13 Å². The summed E-state index contributed by atoms with van der Waals surface area (Å²) >= 11 is 7.19. The van der Waals surface area contributed by atoms with E-state index in [0.29, 0.717) is 20.9 Å². The molecule has 0 radical (unpaired) electrons. The van der Waals surface area contributed by atoms with Gasteiger partial charge in [0.1, 0.15) is 0 Å². The second-order valence-corrected chi connectivity index (χ2v) is 7.58. The quantitative estimate of drug-likeness (QED) is 0.510. The number of aromatic nitrogens is 3. The first kappa shape index (κ1) is 19.1. The van der Waals surface area contributed by atoms with Gasteiger partial charge in [-0.3, -0.25) is 19.5 Å². The minimum atomic E-state index is -0.367. The number of rotatable bonds is 5. The first-order chi connectivity index (χ1) is 14.0. The van der Waals surface area contributed by atoms with E-state index in [1.165, 1.54) is 11.3 Å². The molecular weight excluding hydrogens is 412 g/mol. The van der Waals surface area contributed by atoms with E-state index < -0.39 is 0 Å². The predicted octanol–water partition coefficient (Wildman–Crippen LogP) is 3.50. The van der Waals surface area contributed by atoms with Gasteiger partial charge in [0.05, 0.1) is 23.0 Å². The van der Waals surface area contributed by atoms with E-state index in [2.05, 4.69) is 15.4 Å². The molecule has 0 unspecified atom stereocenters. The zero-order valence-corrected chi connectivity index (χ0v) is 16.6. The van der Waals surface area contributed by atoms with Crippen molar-refractivity contribution in [3.8, 4) is 11.3 Å². The van der Waals surface area contributed by atoms with Crippen molar-refractivity contribution in [2.24, 2.45) is 0 Å². The largest absolute Gasteiger partial charge is 0.302 e. The molecule has 2 aromatic carbocycles. The monoisotopic (exact) mass is 426 g/mol. The summed E-state index contributed by atoms with van der Waals surface area (Å²) < 4.78 is 1.16. The number of amides is 1. The van der Waals surface area contributed by atoms with Crippen molar-refractivity contribution in [3.63, 3.8) is 0 Å². The van der Waals surface area contributed by atoms with Crippen LogP contribution in [-0.4, -0.2) is 20.7 Å². The van der Waals surface area contributed by atoms with Gasteiger partial charge in [0.15, 0.2) is 5.13 Å². The van der Waals surface area contributed by atoms with Crippen molar-refractivity contribution in [2.75, 3.05) is 5.32 Å². The third-order valence-corrected chi connectivity index (χ3v) is 5.35. The summed E-state index contributed by atoms with van der Waals surface area (Å²) in [5.41, 5.74) is 0.920. The number of aryl methyl sites for hydroxylation is 1. The number of aromatic amines is 1. The van der Waals surface area contributed by atoms with Crippen LogP contribution in [0.5, 0.6) is 0 Å². The maximum Gasteiger partial charge on any atom is 0.273 e. The second-order valence-electron chi connectivity index (χ2n) is 6.29. The van der Waals surface area contributed by atoms with Crippen LogP contribution in [0.25, 0.3) is 22.0 Å². The molecule has 1 amide bonds. The smallest absolute Gasteiger partial charge is 0.273 e. The highest BCUT2D eigenvalue weighted by Gasteiger charge is 2.11. The Morgan fingerprint density at radius 1 is 1.10 bits per heavy atom. The molecule has 9 heteroatoms. The topological polar surface area (TPSA) is 96.9 Å². The minimum absolute atomic E-state index is 0.0179. The number of nitrogens with one attached hydrogen (secondary N) is 2. The Morgan fingerprint density at radius 2 is 1.83 bits per heavy atom. The molecule has 4 rings (SSSR count). The summed E-state index contributed by atoms with van der Waals surface area (Å²) in [5, 5.41) is 8.82. The number of nitrogens with zero attached hydrogens (tertiary/aromatic N) is 2. The fourth-order valence-corrected chi connectivity index (χ4v) is 3.75. The van der Waals surface area contributed by atoms with Gasteiger partial charge in [0.2, 0.25) is 5.91 Å². The normalized spacial score (nSPS) is 10.9. The number of anilines is 1. The summed E-state index contributed by atoms with van der Waals surface area (Å²) in [7, 11) is 0. The molecule has 4 aromatic rings. The molecule has 0 atom stereocenters. The standard InChI is InChI=1S/C20H15ClN4O3S/c21-13-7-5-12(6-8-13)16-11-29-20(22-16)23-17(26)9-10-25-19(28)15-4-2-1-3-14(15)18(27)24-25/h1-8,11H,9-10H2,(H,24,27)(H,22,23,26). The number of benzene rings is 2. The molecule has 29 heavy (non-hydrogen) atoms. The number of H-pyrrole nitrogens is 1. The van der Waals surface area contributed by atoms with Crippen LogP contribution in [0.1, 0.15) is 6.42 Å². The van der Waals surface area contributed by atoms with E-state index in [4.69, 9.17) is 11.6 Å². The molecule has 0 aliphatic heterocycles. The Labute approximate surface area is 173 Å². The van der Waals surface area contributed by atoms with E-state index in [9.17, 15) is 14.4 Å². The first-order valence-corrected chi connectivity index (χ1v) is 10.0. The number of thiazole rings is 1. The Kier molecular flexibility index (Phi) is 5.28. The Hall–Kier alpha value is -3.23. The van der Waals surface area contributed by atoms with Crippen LogP contribution in [0.2, 0.25) is 5.02 Å². The van der Waals surface area contributed by atoms with Crippen LogP contribution >= 0.6 is 22.9 Å². The second kappa shape index (κ2) is 8.02. The van der Waals surface area contributed by atoms with Gasteiger partial charge in [0, 0.05) is 22.4 Å². The van der Waals surface area contributed by atoms with Crippen molar-refractivity contribution >= 4 is 44.7 Å². The highest BCUT2D eigenvalue weighted by molar-refractivity contribution is 7.14. The van der Waals surface area contributed by atoms with Gasteiger partial charge in [-0.15, -0.1) is 11.3 Å². The summed E-state index contributed by atoms with van der Waals surface area (Å²) in [6, 6.07) is 13.8. The van der Waals surface area contributed by atoms with Gasteiger partial charge in [0.25, 0.3) is 11.1 Å². The molecule has 2 heterocycles.